The van der Waals surface area contributed by atoms with Crippen molar-refractivity contribution in [3.63, 3.8) is 0 Å². The highest BCUT2D eigenvalue weighted by molar-refractivity contribution is 5.43. The average molecular weight is 461 g/mol. The second-order valence-electron chi connectivity index (χ2n) is 9.39. The third-order valence-corrected chi connectivity index (χ3v) is 6.99. The second-order valence-corrected chi connectivity index (χ2v) is 9.39. The molecule has 7 nitrogen and oxygen atoms in total. The number of ether oxygens (including phenoxy) is 1. The molecule has 0 spiro atoms. The highest BCUT2D eigenvalue weighted by atomic mass is 16.5. The summed E-state index contributed by atoms with van der Waals surface area (Å²) in [7, 11) is 0. The summed E-state index contributed by atoms with van der Waals surface area (Å²) in [5.74, 6) is 2.05. The van der Waals surface area contributed by atoms with E-state index in [4.69, 9.17) is 10.5 Å². The SMILES string of the molecule is Nc1nc(NCCCOc2cccc3c2CCCC3N2CCCCC2)n(Cc2ccccc2)n1. The Morgan fingerprint density at radius 1 is 1.00 bits per heavy atom. The third-order valence-electron chi connectivity index (χ3n) is 6.99. The molecule has 1 aromatic heterocycles. The largest absolute Gasteiger partial charge is 0.493 e. The van der Waals surface area contributed by atoms with Gasteiger partial charge in [0.1, 0.15) is 5.75 Å². The van der Waals surface area contributed by atoms with Gasteiger partial charge in [-0.1, -0.05) is 48.9 Å². The van der Waals surface area contributed by atoms with E-state index in [1.807, 2.05) is 22.9 Å². The van der Waals surface area contributed by atoms with Crippen molar-refractivity contribution in [2.24, 2.45) is 0 Å². The molecular formula is C27H36N6O. The van der Waals surface area contributed by atoms with Crippen LogP contribution in [0.4, 0.5) is 11.9 Å². The van der Waals surface area contributed by atoms with Crippen molar-refractivity contribution in [2.75, 3.05) is 37.3 Å². The van der Waals surface area contributed by atoms with E-state index < -0.39 is 0 Å². The molecule has 0 radical (unpaired) electrons. The maximum Gasteiger partial charge on any atom is 0.241 e. The monoisotopic (exact) mass is 460 g/mol. The molecule has 1 fully saturated rings. The fourth-order valence-corrected chi connectivity index (χ4v) is 5.35. The quantitative estimate of drug-likeness (QED) is 0.452. The number of piperidine rings is 1. The van der Waals surface area contributed by atoms with Crippen LogP contribution in [0.2, 0.25) is 0 Å². The Morgan fingerprint density at radius 2 is 1.85 bits per heavy atom. The summed E-state index contributed by atoms with van der Waals surface area (Å²) in [4.78, 5) is 7.05. The summed E-state index contributed by atoms with van der Waals surface area (Å²) >= 11 is 0. The Balaban J connectivity index is 1.15. The molecule has 1 saturated heterocycles. The molecule has 3 aromatic rings. The molecule has 7 heteroatoms. The van der Waals surface area contributed by atoms with E-state index in [9.17, 15) is 0 Å². The predicted octanol–water partition coefficient (Wildman–Crippen LogP) is 4.65. The molecule has 5 rings (SSSR count). The lowest BCUT2D eigenvalue weighted by Crippen LogP contribution is -2.35. The second kappa shape index (κ2) is 10.9. The van der Waals surface area contributed by atoms with E-state index in [0.717, 1.165) is 30.7 Å². The van der Waals surface area contributed by atoms with Crippen molar-refractivity contribution in [1.82, 2.24) is 19.7 Å². The number of benzene rings is 2. The van der Waals surface area contributed by atoms with Crippen LogP contribution in [0.15, 0.2) is 48.5 Å². The zero-order valence-corrected chi connectivity index (χ0v) is 20.0. The summed E-state index contributed by atoms with van der Waals surface area (Å²) in [6, 6.07) is 17.4. The number of aromatic nitrogens is 3. The number of nitrogens with zero attached hydrogens (tertiary/aromatic N) is 4. The van der Waals surface area contributed by atoms with Crippen molar-refractivity contribution in [3.8, 4) is 5.75 Å². The molecule has 0 amide bonds. The smallest absolute Gasteiger partial charge is 0.241 e. The summed E-state index contributed by atoms with van der Waals surface area (Å²) in [6.07, 6.45) is 8.55. The minimum Gasteiger partial charge on any atom is -0.493 e. The van der Waals surface area contributed by atoms with E-state index in [1.54, 1.807) is 0 Å². The van der Waals surface area contributed by atoms with E-state index in [1.165, 1.54) is 56.3 Å². The number of nitrogens with two attached hydrogens (primary N) is 1. The molecule has 1 aliphatic heterocycles. The number of likely N-dealkylation sites (tertiary alicyclic amines) is 1. The molecule has 2 heterocycles. The number of hydrogen-bond donors (Lipinski definition) is 2. The maximum absolute atomic E-state index is 6.28. The van der Waals surface area contributed by atoms with Crippen molar-refractivity contribution < 1.29 is 4.74 Å². The van der Waals surface area contributed by atoms with Crippen LogP contribution in [0.1, 0.15) is 61.3 Å². The van der Waals surface area contributed by atoms with Crippen LogP contribution < -0.4 is 15.8 Å². The normalized spacial score (nSPS) is 18.4. The van der Waals surface area contributed by atoms with Crippen LogP contribution in [0, 0.1) is 0 Å². The number of anilines is 2. The molecule has 3 N–H and O–H groups in total. The van der Waals surface area contributed by atoms with Crippen LogP contribution in [0.3, 0.4) is 0 Å². The molecule has 0 bridgehead atoms. The predicted molar refractivity (Wildman–Crippen MR) is 136 cm³/mol. The standard InChI is InChI=1S/C27H36N6O/c28-26-30-27(33(31-26)20-21-10-3-1-4-11-21)29-16-9-19-34-25-15-8-12-22-23(25)13-7-14-24(22)32-17-5-2-6-18-32/h1,3-4,8,10-12,15,24H,2,5-7,9,13-14,16-20H2,(H3,28,29,30,31). The van der Waals surface area contributed by atoms with Crippen molar-refractivity contribution in [2.45, 2.75) is 57.5 Å². The summed E-state index contributed by atoms with van der Waals surface area (Å²) in [5, 5.41) is 7.71. The fraction of sp³-hybridized carbons (Fsp3) is 0.481. The molecule has 1 aliphatic carbocycles. The molecule has 180 valence electrons. The van der Waals surface area contributed by atoms with Crippen molar-refractivity contribution in [1.29, 1.82) is 0 Å². The van der Waals surface area contributed by atoms with Crippen molar-refractivity contribution >= 4 is 11.9 Å². The van der Waals surface area contributed by atoms with Crippen LogP contribution in [-0.4, -0.2) is 45.9 Å². The van der Waals surface area contributed by atoms with E-state index in [2.05, 4.69) is 50.6 Å². The van der Waals surface area contributed by atoms with Gasteiger partial charge in [-0.15, -0.1) is 5.10 Å². The number of hydrogen-bond acceptors (Lipinski definition) is 6. The first kappa shape index (κ1) is 22.7. The number of nitrogens with one attached hydrogen (secondary N) is 1. The molecule has 2 aliphatic rings. The fourth-order valence-electron chi connectivity index (χ4n) is 5.35. The lowest BCUT2D eigenvalue weighted by Gasteiger charge is -2.38. The minimum absolute atomic E-state index is 0.286. The highest BCUT2D eigenvalue weighted by Gasteiger charge is 2.28. The van der Waals surface area contributed by atoms with Gasteiger partial charge in [-0.2, -0.15) is 4.98 Å². The first-order valence-electron chi connectivity index (χ1n) is 12.7. The van der Waals surface area contributed by atoms with Crippen molar-refractivity contribution in [3.05, 3.63) is 65.2 Å². The van der Waals surface area contributed by atoms with Gasteiger partial charge >= 0.3 is 0 Å². The number of rotatable bonds is 9. The van der Waals surface area contributed by atoms with Crippen LogP contribution >= 0.6 is 0 Å². The van der Waals surface area contributed by atoms with E-state index >= 15 is 0 Å². The topological polar surface area (TPSA) is 81.2 Å². The molecule has 2 aromatic carbocycles. The lowest BCUT2D eigenvalue weighted by molar-refractivity contribution is 0.147. The maximum atomic E-state index is 6.28. The van der Waals surface area contributed by atoms with Gasteiger partial charge < -0.3 is 15.8 Å². The highest BCUT2D eigenvalue weighted by Crippen LogP contribution is 2.39. The average Bonchev–Trinajstić information content (AvgIpc) is 3.23. The van der Waals surface area contributed by atoms with Gasteiger partial charge in [0.2, 0.25) is 11.9 Å². The van der Waals surface area contributed by atoms with E-state index in [-0.39, 0.29) is 5.95 Å². The lowest BCUT2D eigenvalue weighted by atomic mass is 9.85. The Hall–Kier alpha value is -3.06. The third kappa shape index (κ3) is 5.36. The summed E-state index contributed by atoms with van der Waals surface area (Å²) < 4.78 is 8.10. The zero-order valence-electron chi connectivity index (χ0n) is 20.0. The van der Waals surface area contributed by atoms with Gasteiger partial charge in [0.05, 0.1) is 13.2 Å². The molecule has 0 saturated carbocycles. The van der Waals surface area contributed by atoms with Gasteiger partial charge in [-0.25, -0.2) is 4.68 Å². The summed E-state index contributed by atoms with van der Waals surface area (Å²) in [6.45, 7) is 4.53. The Labute approximate surface area is 202 Å². The van der Waals surface area contributed by atoms with Gasteiger partial charge in [-0.05, 0) is 74.4 Å². The van der Waals surface area contributed by atoms with Crippen LogP contribution in [0.25, 0.3) is 0 Å². The Kier molecular flexibility index (Phi) is 7.29. The van der Waals surface area contributed by atoms with Crippen LogP contribution in [-0.2, 0) is 13.0 Å². The molecule has 1 unspecified atom stereocenters. The Morgan fingerprint density at radius 3 is 2.71 bits per heavy atom. The Bertz CT molecular complexity index is 1060. The first-order valence-corrected chi connectivity index (χ1v) is 12.7. The van der Waals surface area contributed by atoms with E-state index in [0.29, 0.717) is 25.1 Å². The van der Waals surface area contributed by atoms with Crippen LogP contribution in [0.5, 0.6) is 5.75 Å². The van der Waals surface area contributed by atoms with Gasteiger partial charge in [0.25, 0.3) is 0 Å². The molecular weight excluding hydrogens is 424 g/mol. The zero-order chi connectivity index (χ0) is 23.2. The number of fused-ring (bicyclic) bond motifs is 1. The number of nitrogen functional groups attached to an aromatic ring is 1. The minimum atomic E-state index is 0.286. The van der Waals surface area contributed by atoms with Gasteiger partial charge in [0.15, 0.2) is 0 Å². The van der Waals surface area contributed by atoms with Gasteiger partial charge in [-0.3, -0.25) is 4.90 Å². The summed E-state index contributed by atoms with van der Waals surface area (Å²) in [5.41, 5.74) is 9.94. The molecule has 34 heavy (non-hydrogen) atoms. The van der Waals surface area contributed by atoms with Gasteiger partial charge in [0, 0.05) is 12.6 Å². The first-order chi connectivity index (χ1) is 16.8. The molecule has 1 atom stereocenters.